The second-order valence-electron chi connectivity index (χ2n) is 5.90. The number of aromatic nitrogens is 1. The van der Waals surface area contributed by atoms with Crippen LogP contribution in [0.3, 0.4) is 0 Å². The Hall–Kier alpha value is -2.77. The zero-order chi connectivity index (χ0) is 18.2. The summed E-state index contributed by atoms with van der Waals surface area (Å²) in [5.74, 6) is 0.647. The molecule has 1 N–H and O–H groups in total. The van der Waals surface area contributed by atoms with Crippen LogP contribution < -0.4 is 4.74 Å². The fourth-order valence-corrected chi connectivity index (χ4v) is 2.85. The Morgan fingerprint density at radius 2 is 2.00 bits per heavy atom. The molecular formula is C17H15F3N2O3. The molecule has 1 aromatic carbocycles. The fourth-order valence-electron chi connectivity index (χ4n) is 2.85. The van der Waals surface area contributed by atoms with Gasteiger partial charge in [-0.2, -0.15) is 13.2 Å². The van der Waals surface area contributed by atoms with Crippen LogP contribution >= 0.6 is 0 Å². The normalized spacial score (nSPS) is 17.1. The quantitative estimate of drug-likeness (QED) is 0.865. The Bertz CT molecular complexity index is 791. The van der Waals surface area contributed by atoms with Crippen LogP contribution in [0.4, 0.5) is 18.0 Å². The van der Waals surface area contributed by atoms with Gasteiger partial charge >= 0.3 is 12.3 Å². The molecule has 0 radical (unpaired) electrons. The first-order chi connectivity index (χ1) is 11.7. The largest absolute Gasteiger partial charge is 0.465 e. The summed E-state index contributed by atoms with van der Waals surface area (Å²) in [5.41, 5.74) is 0.866. The number of rotatable bonds is 2. The number of amides is 1. The van der Waals surface area contributed by atoms with E-state index in [1.54, 1.807) is 12.1 Å². The van der Waals surface area contributed by atoms with Gasteiger partial charge in [-0.15, -0.1) is 0 Å². The lowest BCUT2D eigenvalue weighted by atomic mass is 9.91. The highest BCUT2D eigenvalue weighted by molar-refractivity contribution is 5.66. The lowest BCUT2D eigenvalue weighted by molar-refractivity contribution is -0.141. The highest BCUT2D eigenvalue weighted by Gasteiger charge is 2.32. The molecule has 8 heteroatoms. The summed E-state index contributed by atoms with van der Waals surface area (Å²) in [4.78, 5) is 15.9. The van der Waals surface area contributed by atoms with Crippen LogP contribution in [-0.2, 0) is 12.7 Å². The highest BCUT2D eigenvalue weighted by atomic mass is 19.4. The molecule has 2 heterocycles. The zero-order valence-electron chi connectivity index (χ0n) is 13.2. The molecule has 0 aliphatic carbocycles. The SMILES string of the molecule is CC1CN(C(=O)O)Cc2cc(Oc3ccc(C(F)(F)F)nc3)ccc21. The third kappa shape index (κ3) is 3.67. The van der Waals surface area contributed by atoms with Gasteiger partial charge in [0.2, 0.25) is 0 Å². The van der Waals surface area contributed by atoms with E-state index in [0.717, 1.165) is 23.4 Å². The number of fused-ring (bicyclic) bond motifs is 1. The van der Waals surface area contributed by atoms with E-state index in [1.807, 2.05) is 13.0 Å². The van der Waals surface area contributed by atoms with E-state index in [0.29, 0.717) is 12.3 Å². The number of pyridine rings is 1. The topological polar surface area (TPSA) is 62.7 Å². The van der Waals surface area contributed by atoms with Crippen LogP contribution in [-0.4, -0.2) is 27.6 Å². The summed E-state index contributed by atoms with van der Waals surface area (Å²) in [5, 5.41) is 9.17. The van der Waals surface area contributed by atoms with Crippen molar-refractivity contribution in [2.24, 2.45) is 0 Å². The second-order valence-corrected chi connectivity index (χ2v) is 5.90. The van der Waals surface area contributed by atoms with Gasteiger partial charge < -0.3 is 14.7 Å². The van der Waals surface area contributed by atoms with Crippen LogP contribution in [0.15, 0.2) is 36.5 Å². The molecule has 1 aromatic heterocycles. The number of halogens is 3. The first-order valence-electron chi connectivity index (χ1n) is 7.56. The molecule has 0 saturated carbocycles. The van der Waals surface area contributed by atoms with Gasteiger partial charge in [-0.25, -0.2) is 9.78 Å². The molecule has 2 aromatic rings. The van der Waals surface area contributed by atoms with Crippen molar-refractivity contribution in [3.63, 3.8) is 0 Å². The lowest BCUT2D eigenvalue weighted by Gasteiger charge is -2.31. The lowest BCUT2D eigenvalue weighted by Crippen LogP contribution is -2.36. The maximum atomic E-state index is 12.5. The van der Waals surface area contributed by atoms with E-state index in [-0.39, 0.29) is 18.2 Å². The van der Waals surface area contributed by atoms with Crippen LogP contribution in [0.1, 0.15) is 29.7 Å². The number of hydrogen-bond acceptors (Lipinski definition) is 3. The van der Waals surface area contributed by atoms with Gasteiger partial charge in [0.05, 0.1) is 6.20 Å². The summed E-state index contributed by atoms with van der Waals surface area (Å²) in [7, 11) is 0. The van der Waals surface area contributed by atoms with Crippen LogP contribution in [0.5, 0.6) is 11.5 Å². The molecule has 0 saturated heterocycles. The Labute approximate surface area is 141 Å². The van der Waals surface area contributed by atoms with Crippen molar-refractivity contribution >= 4 is 6.09 Å². The zero-order valence-corrected chi connectivity index (χ0v) is 13.2. The van der Waals surface area contributed by atoms with Gasteiger partial charge in [0.25, 0.3) is 0 Å². The molecule has 5 nitrogen and oxygen atoms in total. The molecule has 1 aliphatic heterocycles. The third-order valence-electron chi connectivity index (χ3n) is 4.03. The number of hydrogen-bond donors (Lipinski definition) is 1. The Balaban J connectivity index is 1.81. The maximum Gasteiger partial charge on any atom is 0.433 e. The second kappa shape index (κ2) is 6.27. The Kier molecular flexibility index (Phi) is 4.28. The van der Waals surface area contributed by atoms with Crippen molar-refractivity contribution in [2.75, 3.05) is 6.54 Å². The van der Waals surface area contributed by atoms with Crippen molar-refractivity contribution in [2.45, 2.75) is 25.6 Å². The minimum absolute atomic E-state index is 0.0571. The van der Waals surface area contributed by atoms with E-state index >= 15 is 0 Å². The monoisotopic (exact) mass is 352 g/mol. The Morgan fingerprint density at radius 1 is 1.28 bits per heavy atom. The predicted octanol–water partition coefficient (Wildman–Crippen LogP) is 4.49. The van der Waals surface area contributed by atoms with E-state index in [4.69, 9.17) is 4.74 Å². The molecule has 3 rings (SSSR count). The van der Waals surface area contributed by atoms with E-state index in [2.05, 4.69) is 4.98 Å². The van der Waals surface area contributed by atoms with Gasteiger partial charge in [0.1, 0.15) is 17.2 Å². The number of benzene rings is 1. The van der Waals surface area contributed by atoms with Gasteiger partial charge in [0, 0.05) is 13.1 Å². The van der Waals surface area contributed by atoms with Gasteiger partial charge in [0.15, 0.2) is 0 Å². The highest BCUT2D eigenvalue weighted by Crippen LogP contribution is 2.33. The molecule has 0 bridgehead atoms. The average Bonchev–Trinajstić information content (AvgIpc) is 2.54. The summed E-state index contributed by atoms with van der Waals surface area (Å²) >= 11 is 0. The van der Waals surface area contributed by atoms with Gasteiger partial charge in [-0.1, -0.05) is 13.0 Å². The molecule has 0 fully saturated rings. The van der Waals surface area contributed by atoms with Crippen LogP contribution in [0.2, 0.25) is 0 Å². The number of nitrogens with zero attached hydrogens (tertiary/aromatic N) is 2. The van der Waals surface area contributed by atoms with Gasteiger partial charge in [-0.3, -0.25) is 0 Å². The minimum atomic E-state index is -4.50. The molecule has 132 valence electrons. The predicted molar refractivity (Wildman–Crippen MR) is 82.6 cm³/mol. The molecule has 0 spiro atoms. The standard InChI is InChI=1S/C17H15F3N2O3/c1-10-8-22(16(23)24)9-11-6-12(2-4-14(10)11)25-13-3-5-15(21-7-13)17(18,19)20/h2-7,10H,8-9H2,1H3,(H,23,24). The summed E-state index contributed by atoms with van der Waals surface area (Å²) < 4.78 is 43.1. The maximum absolute atomic E-state index is 12.5. The molecule has 1 atom stereocenters. The molecule has 1 unspecified atom stereocenters. The summed E-state index contributed by atoms with van der Waals surface area (Å²) in [6.45, 7) is 2.61. The first kappa shape index (κ1) is 17.1. The van der Waals surface area contributed by atoms with Crippen LogP contribution in [0.25, 0.3) is 0 Å². The van der Waals surface area contributed by atoms with Crippen molar-refractivity contribution in [1.29, 1.82) is 0 Å². The van der Waals surface area contributed by atoms with E-state index < -0.39 is 18.0 Å². The first-order valence-corrected chi connectivity index (χ1v) is 7.56. The van der Waals surface area contributed by atoms with Crippen LogP contribution in [0, 0.1) is 0 Å². The van der Waals surface area contributed by atoms with Crippen molar-refractivity contribution in [1.82, 2.24) is 9.88 Å². The van der Waals surface area contributed by atoms with Gasteiger partial charge in [-0.05, 0) is 41.3 Å². The van der Waals surface area contributed by atoms with E-state index in [9.17, 15) is 23.1 Å². The molecule has 1 aliphatic rings. The summed E-state index contributed by atoms with van der Waals surface area (Å²) in [6, 6.07) is 7.32. The molecule has 25 heavy (non-hydrogen) atoms. The number of alkyl halides is 3. The minimum Gasteiger partial charge on any atom is -0.465 e. The number of ether oxygens (including phenoxy) is 1. The van der Waals surface area contributed by atoms with Crippen molar-refractivity contribution in [3.05, 3.63) is 53.3 Å². The molecular weight excluding hydrogens is 337 g/mol. The van der Waals surface area contributed by atoms with Crippen molar-refractivity contribution in [3.8, 4) is 11.5 Å². The fraction of sp³-hybridized carbons (Fsp3) is 0.294. The third-order valence-corrected chi connectivity index (χ3v) is 4.03. The number of carboxylic acid groups (broad SMARTS) is 1. The van der Waals surface area contributed by atoms with E-state index in [1.165, 1.54) is 11.0 Å². The Morgan fingerprint density at radius 3 is 2.60 bits per heavy atom. The average molecular weight is 352 g/mol. The smallest absolute Gasteiger partial charge is 0.433 e. The summed E-state index contributed by atoms with van der Waals surface area (Å²) in [6.07, 6.45) is -4.48. The van der Waals surface area contributed by atoms with Crippen molar-refractivity contribution < 1.29 is 27.8 Å². The molecule has 1 amide bonds. The number of carbonyl (C=O) groups is 1.